The second-order valence-corrected chi connectivity index (χ2v) is 19.6. The van der Waals surface area contributed by atoms with Crippen molar-refractivity contribution in [1.29, 1.82) is 0 Å². The maximum absolute atomic E-state index is 13.2. The zero-order valence-corrected chi connectivity index (χ0v) is 31.3. The molecule has 2 heterocycles. The summed E-state index contributed by atoms with van der Waals surface area (Å²) in [4.78, 5) is 74.5. The average Bonchev–Trinajstić information content (AvgIpc) is 3.20. The summed E-state index contributed by atoms with van der Waals surface area (Å²) in [5, 5.41) is 2.03. The van der Waals surface area contributed by atoms with Crippen molar-refractivity contribution in [1.82, 2.24) is 5.32 Å². The van der Waals surface area contributed by atoms with E-state index in [1.54, 1.807) is 0 Å². The van der Waals surface area contributed by atoms with Crippen LogP contribution in [0.4, 0.5) is 0 Å². The molecule has 2 fully saturated rings. The van der Waals surface area contributed by atoms with Gasteiger partial charge in [0.05, 0.1) is 0 Å². The molecule has 0 aromatic carbocycles. The molecule has 2 rings (SSSR count). The Morgan fingerprint density at radius 2 is 1.44 bits per heavy atom. The lowest BCUT2D eigenvalue weighted by molar-refractivity contribution is -0.290. The number of halogens is 3. The SMILES string of the molecule is C=CC(O[C@@H]1O[C@H](COC(C)=O)[C@@H](OC(C)=O)[C@H](OC(C)=O)[C@H]1NC(=O)C(Cl)(Cl)Cl)[C@H]1OC(=O)[C@@H](O[Si](C)(C)C(C)(C)C)[C@@H]1OC(C)=O. The molecule has 2 saturated heterocycles. The Balaban J connectivity index is 2.63. The number of rotatable bonds is 12. The summed E-state index contributed by atoms with van der Waals surface area (Å²) in [6.45, 7) is 17.2. The van der Waals surface area contributed by atoms with Crippen molar-refractivity contribution in [2.75, 3.05) is 6.61 Å². The first-order valence-corrected chi connectivity index (χ1v) is 18.8. The third-order valence-corrected chi connectivity index (χ3v) is 12.7. The van der Waals surface area contributed by atoms with Crippen LogP contribution in [-0.4, -0.2) is 110 Å². The lowest BCUT2D eigenvalue weighted by Gasteiger charge is -2.46. The Morgan fingerprint density at radius 3 is 1.90 bits per heavy atom. The molecule has 0 saturated carbocycles. The van der Waals surface area contributed by atoms with E-state index < -0.39 is 110 Å². The molecule has 0 aliphatic carbocycles. The number of ether oxygens (including phenoxy) is 7. The molecule has 272 valence electrons. The van der Waals surface area contributed by atoms with Gasteiger partial charge >= 0.3 is 29.8 Å². The van der Waals surface area contributed by atoms with Gasteiger partial charge in [0, 0.05) is 27.7 Å². The van der Waals surface area contributed by atoms with Gasteiger partial charge in [0.2, 0.25) is 0 Å². The summed E-state index contributed by atoms with van der Waals surface area (Å²) < 4.78 is 43.1. The number of hydrogen-bond acceptors (Lipinski definition) is 14. The summed E-state index contributed by atoms with van der Waals surface area (Å²) in [7, 11) is -2.64. The van der Waals surface area contributed by atoms with Gasteiger partial charge in [0.15, 0.2) is 45.1 Å². The van der Waals surface area contributed by atoms with Crippen LogP contribution in [0.3, 0.4) is 0 Å². The number of carbonyl (C=O) groups excluding carboxylic acids is 6. The molecule has 0 radical (unpaired) electrons. The number of cyclic esters (lactones) is 1. The zero-order valence-electron chi connectivity index (χ0n) is 28.0. The molecule has 1 N–H and O–H groups in total. The molecule has 19 heteroatoms. The van der Waals surface area contributed by atoms with Gasteiger partial charge in [-0.05, 0) is 18.1 Å². The standard InChI is InChI=1S/C29H42Cl3NO14Si/c1-11-17(20-23(43-16(5)37)24(25(38)46-20)47-48(9,10)28(6,7)8)44-26-19(33-27(39)29(30,31)32)22(42-15(4)36)21(41-14(3)35)18(45-26)12-40-13(2)34/h11,17-24,26H,1,12H2,2-10H3,(H,33,39)/t17?,18-,19-,20-,21-,22-,23-,24+,26-/m1/s1. The highest BCUT2D eigenvalue weighted by atomic mass is 35.6. The fourth-order valence-corrected chi connectivity index (χ4v) is 5.97. The van der Waals surface area contributed by atoms with Gasteiger partial charge in [-0.3, -0.25) is 24.0 Å². The summed E-state index contributed by atoms with van der Waals surface area (Å²) in [5.41, 5.74) is 0. The van der Waals surface area contributed by atoms with Crippen LogP contribution in [0.25, 0.3) is 0 Å². The highest BCUT2D eigenvalue weighted by Gasteiger charge is 2.57. The van der Waals surface area contributed by atoms with E-state index in [1.165, 1.54) is 6.08 Å². The second-order valence-electron chi connectivity index (χ2n) is 12.6. The van der Waals surface area contributed by atoms with Gasteiger partial charge in [-0.25, -0.2) is 4.79 Å². The van der Waals surface area contributed by atoms with E-state index in [0.29, 0.717) is 0 Å². The Hall–Kier alpha value is -2.47. The number of nitrogens with one attached hydrogen (secondary N) is 1. The van der Waals surface area contributed by atoms with Crippen molar-refractivity contribution in [3.05, 3.63) is 12.7 Å². The second kappa shape index (κ2) is 16.5. The van der Waals surface area contributed by atoms with E-state index in [9.17, 15) is 28.8 Å². The normalized spacial score (nSPS) is 28.4. The number of esters is 5. The molecular formula is C29H42Cl3NO14Si. The van der Waals surface area contributed by atoms with Crippen LogP contribution in [0, 0.1) is 0 Å². The van der Waals surface area contributed by atoms with Gasteiger partial charge in [0.1, 0.15) is 24.9 Å². The Bertz CT molecular complexity index is 1250. The van der Waals surface area contributed by atoms with E-state index in [-0.39, 0.29) is 5.04 Å². The topological polar surface area (TPSA) is 188 Å². The fraction of sp³-hybridized carbons (Fsp3) is 0.724. The van der Waals surface area contributed by atoms with Gasteiger partial charge in [-0.15, -0.1) is 6.58 Å². The largest absolute Gasteiger partial charge is 0.463 e. The molecule has 2 aliphatic heterocycles. The van der Waals surface area contributed by atoms with E-state index in [4.69, 9.17) is 72.4 Å². The molecule has 0 bridgehead atoms. The summed E-state index contributed by atoms with van der Waals surface area (Å²) >= 11 is 17.4. The smallest absolute Gasteiger partial charge is 0.338 e. The Kier molecular flexibility index (Phi) is 14.3. The molecule has 1 unspecified atom stereocenters. The lowest BCUT2D eigenvalue weighted by atomic mass is 9.95. The third kappa shape index (κ3) is 11.0. The molecule has 9 atom stereocenters. The van der Waals surface area contributed by atoms with Crippen molar-refractivity contribution in [2.45, 2.75) is 125 Å². The van der Waals surface area contributed by atoms with Crippen molar-refractivity contribution < 1.29 is 66.4 Å². The van der Waals surface area contributed by atoms with E-state index in [2.05, 4.69) is 11.9 Å². The fourth-order valence-electron chi connectivity index (χ4n) is 4.59. The molecule has 48 heavy (non-hydrogen) atoms. The lowest BCUT2D eigenvalue weighted by Crippen LogP contribution is -2.68. The van der Waals surface area contributed by atoms with Gasteiger partial charge in [0.25, 0.3) is 9.70 Å². The van der Waals surface area contributed by atoms with Crippen LogP contribution in [0.2, 0.25) is 18.1 Å². The third-order valence-electron chi connectivity index (χ3n) is 7.74. The molecule has 0 spiro atoms. The monoisotopic (exact) mass is 761 g/mol. The van der Waals surface area contributed by atoms with Gasteiger partial charge < -0.3 is 42.9 Å². The van der Waals surface area contributed by atoms with E-state index >= 15 is 0 Å². The molecule has 0 aromatic heterocycles. The number of hydrogen-bond donors (Lipinski definition) is 1. The summed E-state index contributed by atoms with van der Waals surface area (Å²) in [6.07, 6.45) is -10.3. The predicted molar refractivity (Wildman–Crippen MR) is 171 cm³/mol. The number of amides is 1. The first-order valence-electron chi connectivity index (χ1n) is 14.7. The number of carbonyl (C=O) groups is 6. The molecule has 2 aliphatic rings. The minimum Gasteiger partial charge on any atom is -0.463 e. The molecule has 15 nitrogen and oxygen atoms in total. The van der Waals surface area contributed by atoms with Crippen molar-refractivity contribution in [3.63, 3.8) is 0 Å². The van der Waals surface area contributed by atoms with Crippen LogP contribution < -0.4 is 5.32 Å². The molecule has 1 amide bonds. The van der Waals surface area contributed by atoms with E-state index in [1.807, 2.05) is 33.9 Å². The maximum Gasteiger partial charge on any atom is 0.338 e. The van der Waals surface area contributed by atoms with Crippen molar-refractivity contribution in [3.8, 4) is 0 Å². The maximum atomic E-state index is 13.2. The minimum absolute atomic E-state index is 0.342. The van der Waals surface area contributed by atoms with Gasteiger partial charge in [-0.2, -0.15) is 0 Å². The quantitative estimate of drug-likeness (QED) is 0.101. The predicted octanol–water partition coefficient (Wildman–Crippen LogP) is 2.81. The molecular weight excluding hydrogens is 721 g/mol. The average molecular weight is 763 g/mol. The Morgan fingerprint density at radius 1 is 0.917 bits per heavy atom. The van der Waals surface area contributed by atoms with E-state index in [0.717, 1.165) is 27.7 Å². The first kappa shape index (κ1) is 41.7. The first-order chi connectivity index (χ1) is 21.9. The zero-order chi connectivity index (χ0) is 36.9. The van der Waals surface area contributed by atoms with Crippen LogP contribution in [0.1, 0.15) is 48.5 Å². The highest BCUT2D eigenvalue weighted by Crippen LogP contribution is 2.40. The van der Waals surface area contributed by atoms with Crippen molar-refractivity contribution in [2.24, 2.45) is 0 Å². The summed E-state index contributed by atoms with van der Waals surface area (Å²) in [6, 6.07) is -1.58. The van der Waals surface area contributed by atoms with Crippen molar-refractivity contribution >= 4 is 78.9 Å². The van der Waals surface area contributed by atoms with Crippen LogP contribution in [0.15, 0.2) is 12.7 Å². The van der Waals surface area contributed by atoms with Crippen LogP contribution >= 0.6 is 34.8 Å². The minimum atomic E-state index is -2.64. The summed E-state index contributed by atoms with van der Waals surface area (Å²) in [5.74, 6) is -5.27. The van der Waals surface area contributed by atoms with Gasteiger partial charge in [-0.1, -0.05) is 61.7 Å². The molecule has 0 aromatic rings. The Labute approximate surface area is 294 Å². The van der Waals surface area contributed by atoms with Crippen LogP contribution in [0.5, 0.6) is 0 Å². The highest BCUT2D eigenvalue weighted by molar-refractivity contribution is 6.76. The van der Waals surface area contributed by atoms with Crippen LogP contribution in [-0.2, 0) is 66.4 Å². The number of alkyl halides is 3.